The first-order valence-corrected chi connectivity index (χ1v) is 2.73. The minimum atomic E-state index is -0.236. The number of hydrogen-bond acceptors (Lipinski definition) is 3. The number of hydrogen-bond donors (Lipinski definition) is 1. The summed E-state index contributed by atoms with van der Waals surface area (Å²) < 4.78 is 4.37. The molecule has 0 unspecified atom stereocenters. The van der Waals surface area contributed by atoms with Gasteiger partial charge in [0.15, 0.2) is 0 Å². The highest BCUT2D eigenvalue weighted by Gasteiger charge is 1.91. The third kappa shape index (κ3) is 7.46. The number of nitrogens with two attached hydrogens (primary N) is 1. The summed E-state index contributed by atoms with van der Waals surface area (Å²) in [6, 6.07) is 0. The Hall–Kier alpha value is -0.540. The highest BCUT2D eigenvalue weighted by atomic mass is 35.5. The molecule has 0 aromatic carbocycles. The SMILES string of the molecule is COC(=O)CC=CCN.Cl. The van der Waals surface area contributed by atoms with Crippen molar-refractivity contribution in [1.29, 1.82) is 0 Å². The van der Waals surface area contributed by atoms with Gasteiger partial charge in [-0.3, -0.25) is 4.79 Å². The van der Waals surface area contributed by atoms with Crippen LogP contribution in [0.1, 0.15) is 6.42 Å². The van der Waals surface area contributed by atoms with Gasteiger partial charge < -0.3 is 10.5 Å². The summed E-state index contributed by atoms with van der Waals surface area (Å²) in [5, 5.41) is 0. The van der Waals surface area contributed by atoms with Gasteiger partial charge in [0.05, 0.1) is 13.5 Å². The summed E-state index contributed by atoms with van der Waals surface area (Å²) in [4.78, 5) is 10.4. The van der Waals surface area contributed by atoms with Crippen LogP contribution in [0.2, 0.25) is 0 Å². The van der Waals surface area contributed by atoms with E-state index in [0.29, 0.717) is 13.0 Å². The largest absolute Gasteiger partial charge is 0.469 e. The number of rotatable bonds is 3. The molecule has 0 aliphatic rings. The normalized spacial score (nSPS) is 9.00. The third-order valence-corrected chi connectivity index (χ3v) is 0.815. The second-order valence-electron chi connectivity index (χ2n) is 1.49. The lowest BCUT2D eigenvalue weighted by atomic mass is 10.4. The quantitative estimate of drug-likeness (QED) is 0.489. The Labute approximate surface area is 66.6 Å². The summed E-state index contributed by atoms with van der Waals surface area (Å²) in [5.41, 5.74) is 5.12. The monoisotopic (exact) mass is 165 g/mol. The Bertz CT molecular complexity index is 114. The minimum Gasteiger partial charge on any atom is -0.469 e. The molecule has 60 valence electrons. The molecule has 0 heterocycles. The minimum absolute atomic E-state index is 0. The fraction of sp³-hybridized carbons (Fsp3) is 0.500. The van der Waals surface area contributed by atoms with Gasteiger partial charge in [0, 0.05) is 6.54 Å². The lowest BCUT2D eigenvalue weighted by Gasteiger charge is -1.90. The van der Waals surface area contributed by atoms with Crippen LogP contribution in [0.4, 0.5) is 0 Å². The number of carbonyl (C=O) groups excluding carboxylic acids is 1. The summed E-state index contributed by atoms with van der Waals surface area (Å²) in [6.07, 6.45) is 3.72. The average molecular weight is 166 g/mol. The van der Waals surface area contributed by atoms with Crippen molar-refractivity contribution in [3.8, 4) is 0 Å². The fourth-order valence-corrected chi connectivity index (χ4v) is 0.359. The topological polar surface area (TPSA) is 52.3 Å². The van der Waals surface area contributed by atoms with Crippen LogP contribution in [0.15, 0.2) is 12.2 Å². The molecule has 0 bridgehead atoms. The van der Waals surface area contributed by atoms with Crippen LogP contribution in [-0.2, 0) is 9.53 Å². The summed E-state index contributed by atoms with van der Waals surface area (Å²) >= 11 is 0. The Morgan fingerprint density at radius 2 is 2.20 bits per heavy atom. The Kier molecular flexibility index (Phi) is 10.3. The molecule has 0 aliphatic heterocycles. The molecule has 10 heavy (non-hydrogen) atoms. The molecule has 0 atom stereocenters. The van der Waals surface area contributed by atoms with Crippen LogP contribution in [0, 0.1) is 0 Å². The Morgan fingerprint density at radius 1 is 1.60 bits per heavy atom. The van der Waals surface area contributed by atoms with Gasteiger partial charge in [-0.25, -0.2) is 0 Å². The fourth-order valence-electron chi connectivity index (χ4n) is 0.359. The maximum atomic E-state index is 10.4. The van der Waals surface area contributed by atoms with Gasteiger partial charge in [-0.15, -0.1) is 12.4 Å². The smallest absolute Gasteiger partial charge is 0.309 e. The number of methoxy groups -OCH3 is 1. The van der Waals surface area contributed by atoms with Crippen molar-refractivity contribution >= 4 is 18.4 Å². The molecule has 0 rings (SSSR count). The van der Waals surface area contributed by atoms with Gasteiger partial charge in [-0.1, -0.05) is 12.2 Å². The second-order valence-corrected chi connectivity index (χ2v) is 1.49. The number of esters is 1. The number of carbonyl (C=O) groups is 1. The maximum absolute atomic E-state index is 10.4. The van der Waals surface area contributed by atoms with Crippen molar-refractivity contribution in [2.75, 3.05) is 13.7 Å². The van der Waals surface area contributed by atoms with Crippen LogP contribution in [-0.4, -0.2) is 19.6 Å². The molecule has 0 fully saturated rings. The van der Waals surface area contributed by atoms with Crippen molar-refractivity contribution in [2.24, 2.45) is 5.73 Å². The van der Waals surface area contributed by atoms with Gasteiger partial charge in [-0.05, 0) is 0 Å². The highest BCUT2D eigenvalue weighted by Crippen LogP contribution is 1.84. The molecular formula is C6H12ClNO2. The zero-order chi connectivity index (χ0) is 7.11. The molecule has 3 nitrogen and oxygen atoms in total. The van der Waals surface area contributed by atoms with Gasteiger partial charge in [-0.2, -0.15) is 0 Å². The molecule has 2 N–H and O–H groups in total. The number of halogens is 1. The Morgan fingerprint density at radius 3 is 2.60 bits per heavy atom. The molecule has 0 radical (unpaired) electrons. The van der Waals surface area contributed by atoms with Gasteiger partial charge in [0.2, 0.25) is 0 Å². The standard InChI is InChI=1S/C6H11NO2.ClH/c1-9-6(8)4-2-3-5-7;/h2-3H,4-5,7H2,1H3;1H. The molecular weight excluding hydrogens is 154 g/mol. The van der Waals surface area contributed by atoms with E-state index in [1.54, 1.807) is 12.2 Å². The lowest BCUT2D eigenvalue weighted by molar-refractivity contribution is -0.139. The molecule has 0 aliphatic carbocycles. The van der Waals surface area contributed by atoms with E-state index in [2.05, 4.69) is 4.74 Å². The van der Waals surface area contributed by atoms with Crippen LogP contribution in [0.25, 0.3) is 0 Å². The summed E-state index contributed by atoms with van der Waals surface area (Å²) in [7, 11) is 1.36. The molecule has 0 saturated carbocycles. The van der Waals surface area contributed by atoms with E-state index in [0.717, 1.165) is 0 Å². The maximum Gasteiger partial charge on any atom is 0.309 e. The third-order valence-electron chi connectivity index (χ3n) is 0.815. The molecule has 0 aromatic rings. The zero-order valence-electron chi connectivity index (χ0n) is 5.87. The van der Waals surface area contributed by atoms with E-state index in [1.165, 1.54) is 7.11 Å². The predicted octanol–water partition coefficient (Wildman–Crippen LogP) is 0.486. The van der Waals surface area contributed by atoms with Gasteiger partial charge in [0.25, 0.3) is 0 Å². The van der Waals surface area contributed by atoms with Gasteiger partial charge in [0.1, 0.15) is 0 Å². The van der Waals surface area contributed by atoms with Crippen molar-refractivity contribution in [3.63, 3.8) is 0 Å². The predicted molar refractivity (Wildman–Crippen MR) is 42.1 cm³/mol. The van der Waals surface area contributed by atoms with E-state index in [1.807, 2.05) is 0 Å². The molecule has 0 amide bonds. The zero-order valence-corrected chi connectivity index (χ0v) is 6.69. The first-order valence-electron chi connectivity index (χ1n) is 2.73. The molecule has 0 spiro atoms. The second kappa shape index (κ2) is 8.46. The first-order chi connectivity index (χ1) is 4.31. The van der Waals surface area contributed by atoms with E-state index >= 15 is 0 Å². The summed E-state index contributed by atoms with van der Waals surface area (Å²) in [5.74, 6) is -0.236. The first kappa shape index (κ1) is 12.2. The van der Waals surface area contributed by atoms with Crippen LogP contribution >= 0.6 is 12.4 Å². The highest BCUT2D eigenvalue weighted by molar-refractivity contribution is 5.85. The Balaban J connectivity index is 0. The summed E-state index contributed by atoms with van der Waals surface area (Å²) in [6.45, 7) is 0.469. The van der Waals surface area contributed by atoms with Crippen LogP contribution in [0.5, 0.6) is 0 Å². The van der Waals surface area contributed by atoms with Crippen LogP contribution in [0.3, 0.4) is 0 Å². The molecule has 0 aromatic heterocycles. The number of ether oxygens (including phenoxy) is 1. The molecule has 4 heteroatoms. The van der Waals surface area contributed by atoms with E-state index in [9.17, 15) is 4.79 Å². The van der Waals surface area contributed by atoms with Gasteiger partial charge >= 0.3 is 5.97 Å². The molecule has 0 saturated heterocycles. The van der Waals surface area contributed by atoms with E-state index in [4.69, 9.17) is 5.73 Å². The van der Waals surface area contributed by atoms with Crippen molar-refractivity contribution in [2.45, 2.75) is 6.42 Å². The van der Waals surface area contributed by atoms with Crippen molar-refractivity contribution in [3.05, 3.63) is 12.2 Å². The van der Waals surface area contributed by atoms with Crippen molar-refractivity contribution < 1.29 is 9.53 Å². The van der Waals surface area contributed by atoms with Crippen molar-refractivity contribution in [1.82, 2.24) is 0 Å². The average Bonchev–Trinajstić information content (AvgIpc) is 1.89. The van der Waals surface area contributed by atoms with E-state index < -0.39 is 0 Å². The van der Waals surface area contributed by atoms with Crippen LogP contribution < -0.4 is 5.73 Å². The van der Waals surface area contributed by atoms with E-state index in [-0.39, 0.29) is 18.4 Å². The lowest BCUT2D eigenvalue weighted by Crippen LogP contribution is -1.98.